The topological polar surface area (TPSA) is 40.5 Å². The van der Waals surface area contributed by atoms with Crippen molar-refractivity contribution in [3.05, 3.63) is 11.6 Å². The molecule has 2 N–H and O–H groups in total. The molecule has 2 nitrogen and oxygen atoms in total. The molecule has 0 fully saturated rings. The fourth-order valence-corrected chi connectivity index (χ4v) is 0.999. The average Bonchev–Trinajstić information content (AvgIpc) is 2.07. The van der Waals surface area contributed by atoms with Crippen molar-refractivity contribution >= 4 is 0 Å². The van der Waals surface area contributed by atoms with Gasteiger partial charge in [-0.25, -0.2) is 0 Å². The first-order valence-electron chi connectivity index (χ1n) is 4.18. The highest BCUT2D eigenvalue weighted by atomic mass is 16.3. The second-order valence-corrected chi connectivity index (χ2v) is 2.74. The molecule has 0 aromatic heterocycles. The standard InChI is InChI=1S/C7H12.C2H6O2/c1-7-5-3-2-4-6-7;3-1-2-4/h5H,2-4,6H2,1H3;3-4H,1-2H2. The Balaban J connectivity index is 0.000000218. The van der Waals surface area contributed by atoms with Crippen LogP contribution in [0.5, 0.6) is 0 Å². The molecule has 0 aliphatic heterocycles. The van der Waals surface area contributed by atoms with E-state index in [0.29, 0.717) is 0 Å². The van der Waals surface area contributed by atoms with E-state index in [1.54, 1.807) is 5.57 Å². The summed E-state index contributed by atoms with van der Waals surface area (Å²) in [4.78, 5) is 0. The van der Waals surface area contributed by atoms with Crippen molar-refractivity contribution < 1.29 is 10.2 Å². The zero-order valence-corrected chi connectivity index (χ0v) is 7.21. The minimum Gasteiger partial charge on any atom is -0.394 e. The Morgan fingerprint density at radius 3 is 2.09 bits per heavy atom. The van der Waals surface area contributed by atoms with Gasteiger partial charge in [0.15, 0.2) is 0 Å². The molecule has 0 saturated carbocycles. The van der Waals surface area contributed by atoms with Gasteiger partial charge in [-0.1, -0.05) is 11.6 Å². The lowest BCUT2D eigenvalue weighted by atomic mass is 10.0. The summed E-state index contributed by atoms with van der Waals surface area (Å²) in [6, 6.07) is 0. The van der Waals surface area contributed by atoms with E-state index >= 15 is 0 Å². The maximum absolute atomic E-state index is 7.62. The van der Waals surface area contributed by atoms with Gasteiger partial charge in [-0.3, -0.25) is 0 Å². The largest absolute Gasteiger partial charge is 0.394 e. The highest BCUT2D eigenvalue weighted by Crippen LogP contribution is 2.15. The van der Waals surface area contributed by atoms with Crippen LogP contribution in [0.2, 0.25) is 0 Å². The number of hydrogen-bond acceptors (Lipinski definition) is 2. The van der Waals surface area contributed by atoms with E-state index in [2.05, 4.69) is 13.0 Å². The molecule has 0 saturated heterocycles. The van der Waals surface area contributed by atoms with E-state index in [9.17, 15) is 0 Å². The van der Waals surface area contributed by atoms with Crippen LogP contribution in [0.25, 0.3) is 0 Å². The fourth-order valence-electron chi connectivity index (χ4n) is 0.999. The quantitative estimate of drug-likeness (QED) is 0.567. The van der Waals surface area contributed by atoms with Crippen molar-refractivity contribution in [3.63, 3.8) is 0 Å². The molecule has 2 heteroatoms. The predicted molar refractivity (Wildman–Crippen MR) is 46.4 cm³/mol. The van der Waals surface area contributed by atoms with Crippen molar-refractivity contribution in [2.45, 2.75) is 32.6 Å². The van der Waals surface area contributed by atoms with Crippen molar-refractivity contribution in [2.75, 3.05) is 13.2 Å². The summed E-state index contributed by atoms with van der Waals surface area (Å²) in [5, 5.41) is 15.2. The first-order valence-corrected chi connectivity index (χ1v) is 4.18. The SMILES string of the molecule is CC1=CCCCC1.OCCO. The van der Waals surface area contributed by atoms with Crippen molar-refractivity contribution in [1.82, 2.24) is 0 Å². The Morgan fingerprint density at radius 1 is 1.27 bits per heavy atom. The van der Waals surface area contributed by atoms with Gasteiger partial charge in [-0.05, 0) is 32.6 Å². The number of hydrogen-bond donors (Lipinski definition) is 2. The van der Waals surface area contributed by atoms with Crippen LogP contribution in [0.15, 0.2) is 11.6 Å². The summed E-state index contributed by atoms with van der Waals surface area (Å²) in [5.74, 6) is 0. The molecule has 0 bridgehead atoms. The van der Waals surface area contributed by atoms with Gasteiger partial charge in [-0.15, -0.1) is 0 Å². The van der Waals surface area contributed by atoms with Gasteiger partial charge in [0.1, 0.15) is 0 Å². The molecule has 0 amide bonds. The van der Waals surface area contributed by atoms with Crippen LogP contribution in [-0.4, -0.2) is 23.4 Å². The Hall–Kier alpha value is -0.340. The van der Waals surface area contributed by atoms with E-state index in [0.717, 1.165) is 0 Å². The predicted octanol–water partition coefficient (Wildman–Crippen LogP) is 1.48. The first kappa shape index (κ1) is 10.7. The van der Waals surface area contributed by atoms with Gasteiger partial charge in [0.25, 0.3) is 0 Å². The zero-order valence-electron chi connectivity index (χ0n) is 7.21. The molecular formula is C9H18O2. The lowest BCUT2D eigenvalue weighted by Crippen LogP contribution is -1.85. The molecule has 1 rings (SSSR count). The maximum atomic E-state index is 7.62. The van der Waals surface area contributed by atoms with E-state index in [1.165, 1.54) is 25.7 Å². The van der Waals surface area contributed by atoms with Gasteiger partial charge in [0.05, 0.1) is 13.2 Å². The van der Waals surface area contributed by atoms with Gasteiger partial charge in [-0.2, -0.15) is 0 Å². The van der Waals surface area contributed by atoms with Crippen LogP contribution < -0.4 is 0 Å². The Labute approximate surface area is 68.6 Å². The van der Waals surface area contributed by atoms with Crippen LogP contribution in [0.3, 0.4) is 0 Å². The number of allylic oxidation sites excluding steroid dienone is 2. The average molecular weight is 158 g/mol. The molecule has 11 heavy (non-hydrogen) atoms. The van der Waals surface area contributed by atoms with Crippen LogP contribution in [-0.2, 0) is 0 Å². The fraction of sp³-hybridized carbons (Fsp3) is 0.778. The Bertz CT molecular complexity index is 106. The third-order valence-corrected chi connectivity index (χ3v) is 1.62. The monoisotopic (exact) mass is 158 g/mol. The Kier molecular flexibility index (Phi) is 7.52. The minimum atomic E-state index is -0.125. The maximum Gasteiger partial charge on any atom is 0.0662 e. The molecule has 0 aromatic rings. The molecule has 0 aromatic carbocycles. The third kappa shape index (κ3) is 7.56. The Morgan fingerprint density at radius 2 is 1.91 bits per heavy atom. The smallest absolute Gasteiger partial charge is 0.0662 e. The van der Waals surface area contributed by atoms with E-state index in [-0.39, 0.29) is 13.2 Å². The molecular weight excluding hydrogens is 140 g/mol. The molecule has 0 atom stereocenters. The van der Waals surface area contributed by atoms with E-state index in [4.69, 9.17) is 10.2 Å². The molecule has 1 aliphatic rings. The van der Waals surface area contributed by atoms with Crippen molar-refractivity contribution in [3.8, 4) is 0 Å². The number of rotatable bonds is 1. The molecule has 1 aliphatic carbocycles. The van der Waals surface area contributed by atoms with Gasteiger partial charge >= 0.3 is 0 Å². The number of aliphatic hydroxyl groups excluding tert-OH is 2. The molecule has 0 spiro atoms. The summed E-state index contributed by atoms with van der Waals surface area (Å²) in [6.45, 7) is 1.97. The molecule has 0 radical (unpaired) electrons. The minimum absolute atomic E-state index is 0.125. The summed E-state index contributed by atoms with van der Waals surface area (Å²) in [6.07, 6.45) is 7.86. The summed E-state index contributed by atoms with van der Waals surface area (Å²) in [7, 11) is 0. The normalized spacial score (nSPS) is 16.5. The second-order valence-electron chi connectivity index (χ2n) is 2.74. The summed E-state index contributed by atoms with van der Waals surface area (Å²) >= 11 is 0. The summed E-state index contributed by atoms with van der Waals surface area (Å²) in [5.41, 5.74) is 1.59. The van der Waals surface area contributed by atoms with Gasteiger partial charge in [0, 0.05) is 0 Å². The highest BCUT2D eigenvalue weighted by molar-refractivity contribution is 5.00. The van der Waals surface area contributed by atoms with Crippen LogP contribution in [0, 0.1) is 0 Å². The third-order valence-electron chi connectivity index (χ3n) is 1.62. The van der Waals surface area contributed by atoms with Crippen molar-refractivity contribution in [2.24, 2.45) is 0 Å². The highest BCUT2D eigenvalue weighted by Gasteiger charge is 1.95. The van der Waals surface area contributed by atoms with Crippen LogP contribution in [0.4, 0.5) is 0 Å². The second kappa shape index (κ2) is 7.76. The van der Waals surface area contributed by atoms with E-state index in [1.807, 2.05) is 0 Å². The number of aliphatic hydroxyl groups is 2. The summed E-state index contributed by atoms with van der Waals surface area (Å²) < 4.78 is 0. The lowest BCUT2D eigenvalue weighted by molar-refractivity contribution is 0.186. The van der Waals surface area contributed by atoms with Crippen molar-refractivity contribution in [1.29, 1.82) is 0 Å². The van der Waals surface area contributed by atoms with Crippen LogP contribution in [0.1, 0.15) is 32.6 Å². The van der Waals surface area contributed by atoms with Gasteiger partial charge in [0.2, 0.25) is 0 Å². The van der Waals surface area contributed by atoms with Gasteiger partial charge < -0.3 is 10.2 Å². The zero-order chi connectivity index (χ0) is 8.53. The lowest BCUT2D eigenvalue weighted by Gasteiger charge is -2.05. The first-order chi connectivity index (χ1) is 5.31. The van der Waals surface area contributed by atoms with Crippen LogP contribution >= 0.6 is 0 Å². The molecule has 0 unspecified atom stereocenters. The van der Waals surface area contributed by atoms with E-state index < -0.39 is 0 Å². The molecule has 66 valence electrons. The molecule has 0 heterocycles.